The summed E-state index contributed by atoms with van der Waals surface area (Å²) in [6.07, 6.45) is 3.03. The number of aromatic nitrogens is 3. The summed E-state index contributed by atoms with van der Waals surface area (Å²) in [4.78, 5) is 6.42. The van der Waals surface area contributed by atoms with Gasteiger partial charge in [-0.2, -0.15) is 9.61 Å². The number of nitrogens with one attached hydrogen (secondary N) is 2. The maximum Gasteiger partial charge on any atom is 0.165 e. The Balaban J connectivity index is 2.02. The molecule has 0 saturated heterocycles. The molecule has 2 heterocycles. The van der Waals surface area contributed by atoms with Gasteiger partial charge in [0.1, 0.15) is 5.82 Å². The Morgan fingerprint density at radius 1 is 1.12 bits per heavy atom. The third kappa shape index (κ3) is 4.05. The van der Waals surface area contributed by atoms with Crippen LogP contribution in [0.5, 0.6) is 0 Å². The van der Waals surface area contributed by atoms with E-state index >= 15 is 0 Å². The highest BCUT2D eigenvalue weighted by molar-refractivity contribution is 5.78. The highest BCUT2D eigenvalue weighted by atomic mass is 15.3. The van der Waals surface area contributed by atoms with Crippen LogP contribution in [-0.4, -0.2) is 41.8 Å². The van der Waals surface area contributed by atoms with E-state index in [2.05, 4.69) is 75.6 Å². The summed E-state index contributed by atoms with van der Waals surface area (Å²) in [5, 5.41) is 8.19. The number of quaternary nitrogens is 1. The molecular formula is C21H30N5+. The normalized spacial score (nSPS) is 12.1. The zero-order valence-electron chi connectivity index (χ0n) is 16.5. The first kappa shape index (κ1) is 18.4. The Bertz CT molecular complexity index is 859. The van der Waals surface area contributed by atoms with Gasteiger partial charge in [0.25, 0.3) is 0 Å². The van der Waals surface area contributed by atoms with Gasteiger partial charge in [0.15, 0.2) is 5.65 Å². The molecule has 0 aliphatic heterocycles. The van der Waals surface area contributed by atoms with Gasteiger partial charge in [-0.1, -0.05) is 51.1 Å². The van der Waals surface area contributed by atoms with Crippen LogP contribution in [-0.2, 0) is 5.41 Å². The van der Waals surface area contributed by atoms with E-state index in [0.29, 0.717) is 0 Å². The van der Waals surface area contributed by atoms with Crippen molar-refractivity contribution >= 4 is 11.5 Å². The Morgan fingerprint density at radius 3 is 2.50 bits per heavy atom. The first-order chi connectivity index (χ1) is 12.4. The summed E-state index contributed by atoms with van der Waals surface area (Å²) in [5.74, 6) is 1.01. The molecule has 0 saturated carbocycles. The second-order valence-corrected chi connectivity index (χ2v) is 8.17. The molecule has 0 unspecified atom stereocenters. The zero-order valence-corrected chi connectivity index (χ0v) is 16.5. The first-order valence-electron chi connectivity index (χ1n) is 9.34. The van der Waals surface area contributed by atoms with Gasteiger partial charge in [0, 0.05) is 30.0 Å². The minimum absolute atomic E-state index is 0.0236. The van der Waals surface area contributed by atoms with Crippen molar-refractivity contribution < 1.29 is 4.90 Å². The molecule has 1 aromatic carbocycles. The standard InChI is InChI=1S/C21H29N5/c1-21(2,3)18-14-19(22-12-9-13-25(4)5)26-20(24-18)17(15-23-26)16-10-7-6-8-11-16/h6-8,10-11,14-15,22H,9,12-13H2,1-5H3/p+1. The number of hydrogen-bond donors (Lipinski definition) is 2. The van der Waals surface area contributed by atoms with Gasteiger partial charge in [-0.25, -0.2) is 4.98 Å². The Morgan fingerprint density at radius 2 is 1.85 bits per heavy atom. The summed E-state index contributed by atoms with van der Waals surface area (Å²) in [6.45, 7) is 8.66. The highest BCUT2D eigenvalue weighted by Crippen LogP contribution is 2.29. The van der Waals surface area contributed by atoms with Crippen LogP contribution in [0.2, 0.25) is 0 Å². The summed E-state index contributed by atoms with van der Waals surface area (Å²) in [7, 11) is 4.37. The molecule has 0 bridgehead atoms. The van der Waals surface area contributed by atoms with Crippen LogP contribution in [0.15, 0.2) is 42.6 Å². The second kappa shape index (κ2) is 7.46. The van der Waals surface area contributed by atoms with Crippen LogP contribution in [0.25, 0.3) is 16.8 Å². The van der Waals surface area contributed by atoms with E-state index < -0.39 is 0 Å². The Hall–Kier alpha value is -2.40. The average molecular weight is 353 g/mol. The zero-order chi connectivity index (χ0) is 18.7. The van der Waals surface area contributed by atoms with Crippen molar-refractivity contribution in [1.29, 1.82) is 0 Å². The Labute approximate surface area is 156 Å². The molecule has 5 nitrogen and oxygen atoms in total. The molecular weight excluding hydrogens is 322 g/mol. The molecule has 0 fully saturated rings. The van der Waals surface area contributed by atoms with Gasteiger partial charge in [0.2, 0.25) is 0 Å². The van der Waals surface area contributed by atoms with Crippen LogP contribution in [0.3, 0.4) is 0 Å². The maximum absolute atomic E-state index is 4.96. The van der Waals surface area contributed by atoms with E-state index in [4.69, 9.17) is 4.98 Å². The van der Waals surface area contributed by atoms with E-state index in [0.717, 1.165) is 47.8 Å². The van der Waals surface area contributed by atoms with E-state index in [1.807, 2.05) is 16.8 Å². The van der Waals surface area contributed by atoms with E-state index in [9.17, 15) is 0 Å². The molecule has 0 amide bonds. The molecule has 3 aromatic rings. The number of rotatable bonds is 6. The molecule has 0 spiro atoms. The number of benzene rings is 1. The molecule has 0 aliphatic carbocycles. The molecule has 0 aliphatic rings. The monoisotopic (exact) mass is 352 g/mol. The largest absolute Gasteiger partial charge is 0.370 e. The van der Waals surface area contributed by atoms with Crippen molar-refractivity contribution in [1.82, 2.24) is 14.6 Å². The second-order valence-electron chi connectivity index (χ2n) is 8.17. The number of hydrogen-bond acceptors (Lipinski definition) is 3. The van der Waals surface area contributed by atoms with Crippen LogP contribution in [0, 0.1) is 0 Å². The molecule has 0 radical (unpaired) electrons. The lowest BCUT2D eigenvalue weighted by Gasteiger charge is -2.20. The number of fused-ring (bicyclic) bond motifs is 1. The minimum atomic E-state index is -0.0236. The third-order valence-corrected chi connectivity index (χ3v) is 4.48. The molecule has 26 heavy (non-hydrogen) atoms. The summed E-state index contributed by atoms with van der Waals surface area (Å²) in [6, 6.07) is 12.5. The van der Waals surface area contributed by atoms with Crippen LogP contribution in [0.4, 0.5) is 5.82 Å². The molecule has 3 rings (SSSR count). The molecule has 2 aromatic heterocycles. The fourth-order valence-corrected chi connectivity index (χ4v) is 2.95. The van der Waals surface area contributed by atoms with E-state index in [1.165, 1.54) is 4.90 Å². The fourth-order valence-electron chi connectivity index (χ4n) is 2.95. The average Bonchev–Trinajstić information content (AvgIpc) is 3.02. The topological polar surface area (TPSA) is 46.7 Å². The van der Waals surface area contributed by atoms with Crippen molar-refractivity contribution in [3.8, 4) is 11.1 Å². The lowest BCUT2D eigenvalue weighted by molar-refractivity contribution is -0.858. The van der Waals surface area contributed by atoms with Crippen molar-refractivity contribution in [2.24, 2.45) is 0 Å². The predicted octanol–water partition coefficient (Wildman–Crippen LogP) is 2.64. The van der Waals surface area contributed by atoms with Gasteiger partial charge in [-0.3, -0.25) is 0 Å². The molecule has 0 atom stereocenters. The number of nitrogens with zero attached hydrogens (tertiary/aromatic N) is 3. The van der Waals surface area contributed by atoms with Crippen molar-refractivity contribution in [2.45, 2.75) is 32.6 Å². The van der Waals surface area contributed by atoms with E-state index in [-0.39, 0.29) is 5.41 Å². The molecule has 138 valence electrons. The summed E-state index contributed by atoms with van der Waals surface area (Å²) in [5.41, 5.74) is 4.16. The highest BCUT2D eigenvalue weighted by Gasteiger charge is 2.20. The summed E-state index contributed by atoms with van der Waals surface area (Å²) >= 11 is 0. The van der Waals surface area contributed by atoms with Gasteiger partial charge >= 0.3 is 0 Å². The van der Waals surface area contributed by atoms with Crippen LogP contribution >= 0.6 is 0 Å². The first-order valence-corrected chi connectivity index (χ1v) is 9.34. The number of anilines is 1. The fraction of sp³-hybridized carbons (Fsp3) is 0.429. The lowest BCUT2D eigenvalue weighted by Crippen LogP contribution is -3.05. The van der Waals surface area contributed by atoms with Crippen molar-refractivity contribution in [2.75, 3.05) is 32.5 Å². The van der Waals surface area contributed by atoms with Crippen molar-refractivity contribution in [3.05, 3.63) is 48.3 Å². The van der Waals surface area contributed by atoms with Gasteiger partial charge in [-0.15, -0.1) is 0 Å². The van der Waals surface area contributed by atoms with E-state index in [1.54, 1.807) is 0 Å². The van der Waals surface area contributed by atoms with Crippen molar-refractivity contribution in [3.63, 3.8) is 0 Å². The summed E-state index contributed by atoms with van der Waals surface area (Å²) < 4.78 is 1.93. The smallest absolute Gasteiger partial charge is 0.165 e. The van der Waals surface area contributed by atoms with Gasteiger partial charge in [0.05, 0.1) is 32.5 Å². The predicted molar refractivity (Wildman–Crippen MR) is 108 cm³/mol. The quantitative estimate of drug-likeness (QED) is 0.671. The van der Waals surface area contributed by atoms with Gasteiger partial charge in [-0.05, 0) is 5.56 Å². The van der Waals surface area contributed by atoms with Gasteiger partial charge < -0.3 is 10.2 Å². The SMILES string of the molecule is C[NH+](C)CCCNc1cc(C(C)(C)C)nc2c(-c3ccccc3)cnn12. The minimum Gasteiger partial charge on any atom is -0.370 e. The third-order valence-electron chi connectivity index (χ3n) is 4.48. The maximum atomic E-state index is 4.96. The lowest BCUT2D eigenvalue weighted by atomic mass is 9.92. The molecule has 5 heteroatoms. The molecule has 2 N–H and O–H groups in total. The van der Waals surface area contributed by atoms with Crippen LogP contribution < -0.4 is 10.2 Å². The van der Waals surface area contributed by atoms with Crippen LogP contribution in [0.1, 0.15) is 32.9 Å². The Kier molecular flexibility index (Phi) is 5.28.